The predicted octanol–water partition coefficient (Wildman–Crippen LogP) is 2.67. The molecule has 0 radical (unpaired) electrons. The summed E-state index contributed by atoms with van der Waals surface area (Å²) in [5, 5.41) is 15.7. The van der Waals surface area contributed by atoms with Crippen LogP contribution in [-0.2, 0) is 4.79 Å². The molecule has 136 valence electrons. The van der Waals surface area contributed by atoms with E-state index < -0.39 is 0 Å². The lowest BCUT2D eigenvalue weighted by molar-refractivity contribution is -0.116. The van der Waals surface area contributed by atoms with E-state index in [1.807, 2.05) is 6.07 Å². The third-order valence-corrected chi connectivity index (χ3v) is 5.14. The number of thiophene rings is 1. The third kappa shape index (κ3) is 4.39. The van der Waals surface area contributed by atoms with Crippen LogP contribution in [0.4, 0.5) is 5.69 Å². The number of rotatable bonds is 5. The second-order valence-corrected chi connectivity index (χ2v) is 7.92. The van der Waals surface area contributed by atoms with Gasteiger partial charge in [0.1, 0.15) is 12.4 Å². The van der Waals surface area contributed by atoms with E-state index in [1.165, 1.54) is 27.2 Å². The van der Waals surface area contributed by atoms with Gasteiger partial charge >= 0.3 is 0 Å². The van der Waals surface area contributed by atoms with E-state index in [0.29, 0.717) is 16.3 Å². The number of nitriles is 1. The number of carbonyl (C=O) groups is 2. The first-order chi connectivity index (χ1) is 13.0. The van der Waals surface area contributed by atoms with Gasteiger partial charge in [-0.3, -0.25) is 9.59 Å². The van der Waals surface area contributed by atoms with Crippen LogP contribution in [-0.4, -0.2) is 45.1 Å². The molecule has 10 heteroatoms. The monoisotopic (exact) mass is 444 g/mol. The molecule has 0 saturated heterocycles. The van der Waals surface area contributed by atoms with E-state index in [0.717, 1.165) is 3.79 Å². The van der Waals surface area contributed by atoms with Crippen molar-refractivity contribution in [2.45, 2.75) is 0 Å². The number of nitrogens with zero attached hydrogens (tertiary/aromatic N) is 5. The van der Waals surface area contributed by atoms with Gasteiger partial charge in [0.2, 0.25) is 5.91 Å². The number of anilines is 1. The molecule has 1 aromatic carbocycles. The Kier molecular flexibility index (Phi) is 5.63. The highest BCUT2D eigenvalue weighted by atomic mass is 79.9. The maximum atomic E-state index is 12.4. The lowest BCUT2D eigenvalue weighted by atomic mass is 10.2. The minimum Gasteiger partial charge on any atom is -0.332 e. The Morgan fingerprint density at radius 3 is 2.78 bits per heavy atom. The summed E-state index contributed by atoms with van der Waals surface area (Å²) in [4.78, 5) is 30.5. The van der Waals surface area contributed by atoms with Gasteiger partial charge < -0.3 is 10.2 Å². The Balaban J connectivity index is 1.71. The quantitative estimate of drug-likeness (QED) is 0.651. The zero-order valence-corrected chi connectivity index (χ0v) is 16.5. The van der Waals surface area contributed by atoms with Gasteiger partial charge in [0, 0.05) is 7.05 Å². The van der Waals surface area contributed by atoms with Crippen molar-refractivity contribution in [3.05, 3.63) is 57.2 Å². The fraction of sp³-hybridized carbons (Fsp3) is 0.118. The number of carbonyl (C=O) groups excluding carboxylic acids is 2. The summed E-state index contributed by atoms with van der Waals surface area (Å²) >= 11 is 4.63. The van der Waals surface area contributed by atoms with Crippen LogP contribution >= 0.6 is 27.3 Å². The standard InChI is InChI=1S/C17H13BrN6O2S/c1-23(17(26)13-6-7-14(18)27-13)9-16(25)21-11-4-2-3-5-12(11)24-10-20-15(8-19)22-24/h2-7,10H,9H2,1H3,(H,21,25). The average Bonchev–Trinajstić information content (AvgIpc) is 3.30. The number of para-hydroxylation sites is 2. The maximum Gasteiger partial charge on any atom is 0.264 e. The number of nitrogens with one attached hydrogen (secondary N) is 1. The van der Waals surface area contributed by atoms with Crippen LogP contribution in [0.2, 0.25) is 0 Å². The molecule has 0 bridgehead atoms. The first-order valence-electron chi connectivity index (χ1n) is 7.69. The van der Waals surface area contributed by atoms with Crippen LogP contribution in [0, 0.1) is 11.3 Å². The molecule has 2 amide bonds. The first-order valence-corrected chi connectivity index (χ1v) is 9.30. The number of benzene rings is 1. The SMILES string of the molecule is CN(CC(=O)Nc1ccccc1-n1cnc(C#N)n1)C(=O)c1ccc(Br)s1. The van der Waals surface area contributed by atoms with Gasteiger partial charge in [-0.05, 0) is 40.2 Å². The molecule has 0 aliphatic heterocycles. The summed E-state index contributed by atoms with van der Waals surface area (Å²) in [5.74, 6) is -0.554. The van der Waals surface area contributed by atoms with Crippen LogP contribution in [0.3, 0.4) is 0 Å². The second-order valence-electron chi connectivity index (χ2n) is 5.45. The summed E-state index contributed by atoms with van der Waals surface area (Å²) in [6, 6.07) is 12.3. The molecule has 1 N–H and O–H groups in total. The van der Waals surface area contributed by atoms with Gasteiger partial charge in [-0.15, -0.1) is 16.4 Å². The average molecular weight is 445 g/mol. The highest BCUT2D eigenvalue weighted by Crippen LogP contribution is 2.23. The highest BCUT2D eigenvalue weighted by molar-refractivity contribution is 9.11. The zero-order valence-electron chi connectivity index (χ0n) is 14.1. The van der Waals surface area contributed by atoms with Crippen molar-refractivity contribution in [1.29, 1.82) is 5.26 Å². The largest absolute Gasteiger partial charge is 0.332 e. The minimum atomic E-state index is -0.352. The third-order valence-electron chi connectivity index (χ3n) is 3.53. The van der Waals surface area contributed by atoms with Crippen LogP contribution in [0.25, 0.3) is 5.69 Å². The molecule has 0 saturated carbocycles. The smallest absolute Gasteiger partial charge is 0.264 e. The predicted molar refractivity (Wildman–Crippen MR) is 104 cm³/mol. The van der Waals surface area contributed by atoms with Gasteiger partial charge in [-0.1, -0.05) is 12.1 Å². The molecule has 2 heterocycles. The number of hydrogen-bond acceptors (Lipinski definition) is 6. The molecule has 0 fully saturated rings. The normalized spacial score (nSPS) is 10.3. The minimum absolute atomic E-state index is 0.0311. The molecule has 2 aromatic heterocycles. The van der Waals surface area contributed by atoms with Gasteiger partial charge in [0.15, 0.2) is 0 Å². The van der Waals surface area contributed by atoms with Gasteiger partial charge in [-0.2, -0.15) is 5.26 Å². The Morgan fingerprint density at radius 2 is 2.11 bits per heavy atom. The number of amides is 2. The maximum absolute atomic E-state index is 12.4. The molecule has 27 heavy (non-hydrogen) atoms. The van der Waals surface area contributed by atoms with Crippen molar-refractivity contribution in [3.63, 3.8) is 0 Å². The van der Waals surface area contributed by atoms with Crippen LogP contribution in [0.5, 0.6) is 0 Å². The topological polar surface area (TPSA) is 104 Å². The molecule has 3 rings (SSSR count). The van der Waals surface area contributed by atoms with E-state index >= 15 is 0 Å². The summed E-state index contributed by atoms with van der Waals surface area (Å²) in [6.45, 7) is -0.108. The number of likely N-dealkylation sites (N-methyl/N-ethyl adjacent to an activating group) is 1. The fourth-order valence-electron chi connectivity index (χ4n) is 2.30. The van der Waals surface area contributed by atoms with E-state index in [-0.39, 0.29) is 24.2 Å². The molecule has 0 aliphatic carbocycles. The Labute approximate surface area is 167 Å². The Hall–Kier alpha value is -3.03. The summed E-state index contributed by atoms with van der Waals surface area (Å²) in [5.41, 5.74) is 1.06. The number of halogens is 1. The van der Waals surface area contributed by atoms with Crippen molar-refractivity contribution in [2.24, 2.45) is 0 Å². The molecule has 0 atom stereocenters. The second kappa shape index (κ2) is 8.11. The van der Waals surface area contributed by atoms with Crippen LogP contribution in [0.15, 0.2) is 46.5 Å². The van der Waals surface area contributed by atoms with E-state index in [2.05, 4.69) is 31.3 Å². The van der Waals surface area contributed by atoms with E-state index in [9.17, 15) is 9.59 Å². The lowest BCUT2D eigenvalue weighted by Crippen LogP contribution is -2.34. The van der Waals surface area contributed by atoms with Gasteiger partial charge in [0.05, 0.1) is 26.6 Å². The molecule has 8 nitrogen and oxygen atoms in total. The molecule has 0 unspecified atom stereocenters. The van der Waals surface area contributed by atoms with E-state index in [4.69, 9.17) is 5.26 Å². The van der Waals surface area contributed by atoms with Gasteiger partial charge in [0.25, 0.3) is 11.7 Å². The van der Waals surface area contributed by atoms with Crippen molar-refractivity contribution in [2.75, 3.05) is 18.9 Å². The van der Waals surface area contributed by atoms with Crippen LogP contribution < -0.4 is 5.32 Å². The summed E-state index contributed by atoms with van der Waals surface area (Å²) in [6.07, 6.45) is 1.40. The lowest BCUT2D eigenvalue weighted by Gasteiger charge is -2.17. The highest BCUT2D eigenvalue weighted by Gasteiger charge is 2.17. The number of hydrogen-bond donors (Lipinski definition) is 1. The van der Waals surface area contributed by atoms with Crippen molar-refractivity contribution in [1.82, 2.24) is 19.7 Å². The number of aromatic nitrogens is 3. The summed E-state index contributed by atoms with van der Waals surface area (Å²) in [7, 11) is 1.57. The Morgan fingerprint density at radius 1 is 1.33 bits per heavy atom. The molecule has 0 spiro atoms. The molecular formula is C17H13BrN6O2S. The molecule has 3 aromatic rings. The fourth-order valence-corrected chi connectivity index (χ4v) is 3.68. The van der Waals surface area contributed by atoms with Gasteiger partial charge in [-0.25, -0.2) is 9.67 Å². The van der Waals surface area contributed by atoms with Crippen molar-refractivity contribution < 1.29 is 9.59 Å². The molecule has 0 aliphatic rings. The van der Waals surface area contributed by atoms with Crippen LogP contribution in [0.1, 0.15) is 15.5 Å². The summed E-state index contributed by atoms with van der Waals surface area (Å²) < 4.78 is 2.26. The Bertz CT molecular complexity index is 1040. The molecular weight excluding hydrogens is 432 g/mol. The van der Waals surface area contributed by atoms with Crippen molar-refractivity contribution >= 4 is 44.8 Å². The van der Waals surface area contributed by atoms with E-state index in [1.54, 1.807) is 43.4 Å². The zero-order chi connectivity index (χ0) is 19.4. The van der Waals surface area contributed by atoms with Crippen molar-refractivity contribution in [3.8, 4) is 11.8 Å². The first kappa shape index (κ1) is 18.8.